The van der Waals surface area contributed by atoms with Gasteiger partial charge in [0.2, 0.25) is 5.91 Å². The van der Waals surface area contributed by atoms with Crippen LogP contribution in [-0.2, 0) is 11.2 Å². The first kappa shape index (κ1) is 19.4. The number of para-hydroxylation sites is 1. The molecule has 0 radical (unpaired) electrons. The summed E-state index contributed by atoms with van der Waals surface area (Å²) in [6.07, 6.45) is 5.61. The number of fused-ring (bicyclic) bond motifs is 1. The predicted molar refractivity (Wildman–Crippen MR) is 116 cm³/mol. The van der Waals surface area contributed by atoms with E-state index in [1.54, 1.807) is 0 Å². The number of nitrogens with zero attached hydrogens (tertiary/aromatic N) is 1. The lowest BCUT2D eigenvalue weighted by Crippen LogP contribution is -2.38. The number of aromatic nitrogens is 1. The smallest absolute Gasteiger partial charge is 0.223 e. The molecule has 0 atom stereocenters. The predicted octanol–water partition coefficient (Wildman–Crippen LogP) is 5.10. The molecule has 0 spiro atoms. The quantitative estimate of drug-likeness (QED) is 0.597. The van der Waals surface area contributed by atoms with E-state index in [0.29, 0.717) is 17.9 Å². The van der Waals surface area contributed by atoms with E-state index in [-0.39, 0.29) is 18.1 Å². The van der Waals surface area contributed by atoms with Crippen molar-refractivity contribution in [2.75, 3.05) is 13.1 Å². The molecule has 150 valence electrons. The van der Waals surface area contributed by atoms with Crippen LogP contribution >= 0.6 is 0 Å². The van der Waals surface area contributed by atoms with Gasteiger partial charge in [0.1, 0.15) is 0 Å². The van der Waals surface area contributed by atoms with Gasteiger partial charge < -0.3 is 9.88 Å². The molecule has 2 heterocycles. The van der Waals surface area contributed by atoms with Crippen LogP contribution in [0.15, 0.2) is 54.7 Å². The van der Waals surface area contributed by atoms with Gasteiger partial charge in [-0.05, 0) is 42.4 Å². The highest BCUT2D eigenvalue weighted by atomic mass is 16.2. The molecular weight excluding hydrogens is 360 g/mol. The molecule has 1 aliphatic heterocycles. The lowest BCUT2D eigenvalue weighted by Gasteiger charge is -2.32. The molecule has 29 heavy (non-hydrogen) atoms. The van der Waals surface area contributed by atoms with Gasteiger partial charge in [0.05, 0.1) is 0 Å². The van der Waals surface area contributed by atoms with Crippen molar-refractivity contribution in [2.45, 2.75) is 44.9 Å². The van der Waals surface area contributed by atoms with Crippen molar-refractivity contribution in [1.29, 1.82) is 0 Å². The minimum absolute atomic E-state index is 0.0506. The van der Waals surface area contributed by atoms with E-state index in [4.69, 9.17) is 0 Å². The van der Waals surface area contributed by atoms with Gasteiger partial charge in [-0.15, -0.1) is 0 Å². The van der Waals surface area contributed by atoms with Crippen LogP contribution in [0.2, 0.25) is 0 Å². The van der Waals surface area contributed by atoms with E-state index >= 15 is 0 Å². The molecule has 1 saturated heterocycles. The Morgan fingerprint density at radius 2 is 1.72 bits per heavy atom. The lowest BCUT2D eigenvalue weighted by atomic mass is 9.89. The Balaban J connectivity index is 1.29. The van der Waals surface area contributed by atoms with Gasteiger partial charge in [-0.1, -0.05) is 49.4 Å². The van der Waals surface area contributed by atoms with Crippen molar-refractivity contribution in [3.05, 3.63) is 71.4 Å². The number of hydrogen-bond donors (Lipinski definition) is 1. The molecule has 1 aromatic heterocycles. The van der Waals surface area contributed by atoms with E-state index in [1.807, 2.05) is 35.2 Å². The standard InChI is InChI=1S/C25H28N2O2/c1-2-18-7-9-20(10-8-18)24(28)11-12-25(29)27-15-13-19(14-16-27)22-17-26-23-6-4-3-5-21(22)23/h3-10,17,19,26H,2,11-16H2,1H3. The van der Waals surface area contributed by atoms with Crippen molar-refractivity contribution < 1.29 is 9.59 Å². The minimum Gasteiger partial charge on any atom is -0.361 e. The third-order valence-corrected chi connectivity index (χ3v) is 6.16. The van der Waals surface area contributed by atoms with E-state index < -0.39 is 0 Å². The van der Waals surface area contributed by atoms with Crippen LogP contribution in [0.1, 0.15) is 60.0 Å². The molecule has 1 amide bonds. The number of carbonyl (C=O) groups is 2. The van der Waals surface area contributed by atoms with Crippen LogP contribution in [0.4, 0.5) is 0 Å². The van der Waals surface area contributed by atoms with Crippen LogP contribution in [-0.4, -0.2) is 34.7 Å². The normalized spacial score (nSPS) is 15.0. The first-order valence-corrected chi connectivity index (χ1v) is 10.6. The van der Waals surface area contributed by atoms with E-state index in [1.165, 1.54) is 22.0 Å². The zero-order valence-corrected chi connectivity index (χ0v) is 17.0. The monoisotopic (exact) mass is 388 g/mol. The molecule has 0 aliphatic carbocycles. The fourth-order valence-electron chi connectivity index (χ4n) is 4.32. The zero-order valence-electron chi connectivity index (χ0n) is 17.0. The van der Waals surface area contributed by atoms with E-state index in [2.05, 4.69) is 36.3 Å². The molecule has 4 nitrogen and oxygen atoms in total. The number of hydrogen-bond acceptors (Lipinski definition) is 2. The Bertz CT molecular complexity index is 995. The van der Waals surface area contributed by atoms with Crippen LogP contribution < -0.4 is 0 Å². The van der Waals surface area contributed by atoms with Crippen molar-refractivity contribution in [3.8, 4) is 0 Å². The Labute approximate surface area is 171 Å². The number of likely N-dealkylation sites (tertiary alicyclic amines) is 1. The number of piperidine rings is 1. The number of H-pyrrole nitrogens is 1. The number of amides is 1. The summed E-state index contributed by atoms with van der Waals surface area (Å²) in [4.78, 5) is 30.3. The molecule has 0 bridgehead atoms. The van der Waals surface area contributed by atoms with Crippen molar-refractivity contribution in [1.82, 2.24) is 9.88 Å². The molecule has 1 fully saturated rings. The molecule has 0 unspecified atom stereocenters. The second-order valence-electron chi connectivity index (χ2n) is 7.92. The summed E-state index contributed by atoms with van der Waals surface area (Å²) in [7, 11) is 0. The van der Waals surface area contributed by atoms with Gasteiger partial charge in [-0.25, -0.2) is 0 Å². The summed E-state index contributed by atoms with van der Waals surface area (Å²) in [5.74, 6) is 0.629. The van der Waals surface area contributed by atoms with Gasteiger partial charge in [-0.3, -0.25) is 9.59 Å². The van der Waals surface area contributed by atoms with Crippen LogP contribution in [0.25, 0.3) is 10.9 Å². The topological polar surface area (TPSA) is 53.2 Å². The van der Waals surface area contributed by atoms with Gasteiger partial charge in [0.25, 0.3) is 0 Å². The Kier molecular flexibility index (Phi) is 5.79. The SMILES string of the molecule is CCc1ccc(C(=O)CCC(=O)N2CCC(c3c[nH]c4ccccc34)CC2)cc1. The Morgan fingerprint density at radius 3 is 2.45 bits per heavy atom. The molecular formula is C25H28N2O2. The Hall–Kier alpha value is -2.88. The van der Waals surface area contributed by atoms with Crippen LogP contribution in [0, 0.1) is 0 Å². The molecule has 2 aromatic carbocycles. The second kappa shape index (κ2) is 8.64. The number of rotatable bonds is 6. The molecule has 4 rings (SSSR count). The third-order valence-electron chi connectivity index (χ3n) is 6.16. The summed E-state index contributed by atoms with van der Waals surface area (Å²) in [5, 5.41) is 1.29. The lowest BCUT2D eigenvalue weighted by molar-refractivity contribution is -0.132. The number of aromatic amines is 1. The maximum absolute atomic E-state index is 12.6. The van der Waals surface area contributed by atoms with E-state index in [0.717, 1.165) is 32.4 Å². The molecule has 3 aromatic rings. The van der Waals surface area contributed by atoms with Crippen molar-refractivity contribution >= 4 is 22.6 Å². The fourth-order valence-corrected chi connectivity index (χ4v) is 4.32. The molecule has 1 N–H and O–H groups in total. The molecule has 4 heteroatoms. The van der Waals surface area contributed by atoms with Gasteiger partial charge in [0, 0.05) is 48.6 Å². The number of ketones is 1. The zero-order chi connectivity index (χ0) is 20.2. The highest BCUT2D eigenvalue weighted by molar-refractivity contribution is 5.98. The summed E-state index contributed by atoms with van der Waals surface area (Å²) in [5.41, 5.74) is 4.45. The van der Waals surface area contributed by atoms with Crippen LogP contribution in [0.5, 0.6) is 0 Å². The van der Waals surface area contributed by atoms with Gasteiger partial charge in [-0.2, -0.15) is 0 Å². The number of aryl methyl sites for hydroxylation is 1. The maximum Gasteiger partial charge on any atom is 0.223 e. The molecule has 0 saturated carbocycles. The van der Waals surface area contributed by atoms with Gasteiger partial charge in [0.15, 0.2) is 5.78 Å². The largest absolute Gasteiger partial charge is 0.361 e. The summed E-state index contributed by atoms with van der Waals surface area (Å²) in [6, 6.07) is 16.1. The average Bonchev–Trinajstić information content (AvgIpc) is 3.21. The summed E-state index contributed by atoms with van der Waals surface area (Å²) in [6.45, 7) is 3.63. The first-order valence-electron chi connectivity index (χ1n) is 10.6. The highest BCUT2D eigenvalue weighted by Gasteiger charge is 2.25. The Morgan fingerprint density at radius 1 is 1.00 bits per heavy atom. The minimum atomic E-state index is 0.0506. The number of nitrogens with one attached hydrogen (secondary N) is 1. The second-order valence-corrected chi connectivity index (χ2v) is 7.92. The summed E-state index contributed by atoms with van der Waals surface area (Å²) >= 11 is 0. The number of Topliss-reactive ketones (excluding diaryl/α,β-unsaturated/α-hetero) is 1. The van der Waals surface area contributed by atoms with Crippen LogP contribution in [0.3, 0.4) is 0 Å². The van der Waals surface area contributed by atoms with E-state index in [9.17, 15) is 9.59 Å². The number of benzene rings is 2. The van der Waals surface area contributed by atoms with Crippen molar-refractivity contribution in [3.63, 3.8) is 0 Å². The molecule has 1 aliphatic rings. The average molecular weight is 389 g/mol. The highest BCUT2D eigenvalue weighted by Crippen LogP contribution is 2.33. The maximum atomic E-state index is 12.6. The number of carbonyl (C=O) groups excluding carboxylic acids is 2. The third kappa shape index (κ3) is 4.26. The fraction of sp³-hybridized carbons (Fsp3) is 0.360. The first-order chi connectivity index (χ1) is 14.2. The van der Waals surface area contributed by atoms with Gasteiger partial charge >= 0.3 is 0 Å². The van der Waals surface area contributed by atoms with Crippen molar-refractivity contribution in [2.24, 2.45) is 0 Å². The summed E-state index contributed by atoms with van der Waals surface area (Å²) < 4.78 is 0.